The van der Waals surface area contributed by atoms with Crippen LogP contribution in [0.4, 0.5) is 0 Å². The minimum absolute atomic E-state index is 0.731. The van der Waals surface area contributed by atoms with Gasteiger partial charge in [-0.3, -0.25) is 0 Å². The van der Waals surface area contributed by atoms with E-state index in [1.165, 1.54) is 27.8 Å². The highest BCUT2D eigenvalue weighted by Gasteiger charge is 2.13. The number of aryl methyl sites for hydroxylation is 1. The van der Waals surface area contributed by atoms with Crippen molar-refractivity contribution >= 4 is 6.08 Å². The van der Waals surface area contributed by atoms with Crippen molar-refractivity contribution < 1.29 is 4.74 Å². The maximum atomic E-state index is 5.68. The van der Waals surface area contributed by atoms with Crippen LogP contribution < -0.4 is 4.74 Å². The second-order valence-electron chi connectivity index (χ2n) is 4.13. The highest BCUT2D eigenvalue weighted by Crippen LogP contribution is 2.32. The maximum absolute atomic E-state index is 5.68. The van der Waals surface area contributed by atoms with Crippen molar-refractivity contribution in [3.8, 4) is 5.75 Å². The van der Waals surface area contributed by atoms with E-state index in [4.69, 9.17) is 4.74 Å². The third-order valence-corrected chi connectivity index (χ3v) is 3.02. The summed E-state index contributed by atoms with van der Waals surface area (Å²) in [6, 6.07) is 2.14. The zero-order valence-corrected chi connectivity index (χ0v) is 9.27. The van der Waals surface area contributed by atoms with Gasteiger partial charge < -0.3 is 4.74 Å². The van der Waals surface area contributed by atoms with Crippen molar-refractivity contribution in [3.63, 3.8) is 0 Å². The minimum atomic E-state index is 0.731. The second kappa shape index (κ2) is 3.16. The van der Waals surface area contributed by atoms with Crippen LogP contribution in [-0.4, -0.2) is 6.61 Å². The fraction of sp³-hybridized carbons (Fsp3) is 0.385. The number of rotatable bonds is 0. The lowest BCUT2D eigenvalue weighted by Gasteiger charge is -2.20. The van der Waals surface area contributed by atoms with E-state index in [0.717, 1.165) is 12.4 Å². The third kappa shape index (κ3) is 1.33. The SMILES string of the molecule is CC1=Cc2c(cc(C)c(C)c2C)OC1. The van der Waals surface area contributed by atoms with E-state index in [0.29, 0.717) is 0 Å². The van der Waals surface area contributed by atoms with Crippen LogP contribution in [-0.2, 0) is 0 Å². The van der Waals surface area contributed by atoms with E-state index in [-0.39, 0.29) is 0 Å². The number of hydrogen-bond donors (Lipinski definition) is 0. The summed E-state index contributed by atoms with van der Waals surface area (Å²) in [5, 5.41) is 0. The van der Waals surface area contributed by atoms with E-state index in [2.05, 4.69) is 39.8 Å². The lowest BCUT2D eigenvalue weighted by Crippen LogP contribution is -2.07. The predicted octanol–water partition coefficient (Wildman–Crippen LogP) is 3.41. The molecule has 0 radical (unpaired) electrons. The number of hydrogen-bond acceptors (Lipinski definition) is 1. The highest BCUT2D eigenvalue weighted by molar-refractivity contribution is 5.67. The van der Waals surface area contributed by atoms with Gasteiger partial charge in [0.15, 0.2) is 0 Å². The van der Waals surface area contributed by atoms with Gasteiger partial charge >= 0.3 is 0 Å². The Morgan fingerprint density at radius 2 is 1.79 bits per heavy atom. The third-order valence-electron chi connectivity index (χ3n) is 3.02. The van der Waals surface area contributed by atoms with Crippen molar-refractivity contribution in [1.82, 2.24) is 0 Å². The van der Waals surface area contributed by atoms with Gasteiger partial charge in [0.2, 0.25) is 0 Å². The van der Waals surface area contributed by atoms with Gasteiger partial charge in [-0.2, -0.15) is 0 Å². The van der Waals surface area contributed by atoms with E-state index >= 15 is 0 Å². The zero-order valence-electron chi connectivity index (χ0n) is 9.27. The molecule has 0 aromatic heterocycles. The predicted molar refractivity (Wildman–Crippen MR) is 59.8 cm³/mol. The number of benzene rings is 1. The molecule has 14 heavy (non-hydrogen) atoms. The molecule has 0 aliphatic carbocycles. The Morgan fingerprint density at radius 1 is 1.07 bits per heavy atom. The Hall–Kier alpha value is -1.24. The van der Waals surface area contributed by atoms with Gasteiger partial charge in [-0.15, -0.1) is 0 Å². The van der Waals surface area contributed by atoms with Crippen molar-refractivity contribution in [3.05, 3.63) is 33.9 Å². The molecule has 1 aliphatic heterocycles. The van der Waals surface area contributed by atoms with Gasteiger partial charge in [0.1, 0.15) is 12.4 Å². The zero-order chi connectivity index (χ0) is 10.3. The molecule has 1 aromatic carbocycles. The van der Waals surface area contributed by atoms with Crippen molar-refractivity contribution in [1.29, 1.82) is 0 Å². The molecule has 1 aliphatic rings. The number of ether oxygens (including phenoxy) is 1. The lowest BCUT2D eigenvalue weighted by molar-refractivity contribution is 0.347. The van der Waals surface area contributed by atoms with E-state index in [9.17, 15) is 0 Å². The van der Waals surface area contributed by atoms with Crippen LogP contribution in [0.5, 0.6) is 5.75 Å². The first-order chi connectivity index (χ1) is 6.59. The molecule has 0 bridgehead atoms. The average molecular weight is 188 g/mol. The summed E-state index contributed by atoms with van der Waals surface area (Å²) in [4.78, 5) is 0. The summed E-state index contributed by atoms with van der Waals surface area (Å²) in [5.41, 5.74) is 6.59. The second-order valence-corrected chi connectivity index (χ2v) is 4.13. The van der Waals surface area contributed by atoms with Gasteiger partial charge in [0, 0.05) is 5.56 Å². The molecule has 1 heterocycles. The smallest absolute Gasteiger partial charge is 0.127 e. The molecule has 0 fully saturated rings. The fourth-order valence-electron chi connectivity index (χ4n) is 1.84. The average Bonchev–Trinajstić information content (AvgIpc) is 2.16. The molecule has 1 nitrogen and oxygen atoms in total. The van der Waals surface area contributed by atoms with Gasteiger partial charge in [-0.1, -0.05) is 0 Å². The molecule has 0 saturated heterocycles. The first-order valence-electron chi connectivity index (χ1n) is 5.00. The first kappa shape index (κ1) is 9.32. The van der Waals surface area contributed by atoms with Crippen molar-refractivity contribution in [2.24, 2.45) is 0 Å². The normalized spacial score (nSPS) is 14.4. The molecule has 2 rings (SSSR count). The van der Waals surface area contributed by atoms with Crippen LogP contribution >= 0.6 is 0 Å². The molecule has 0 spiro atoms. The van der Waals surface area contributed by atoms with Crippen molar-refractivity contribution in [2.75, 3.05) is 6.61 Å². The maximum Gasteiger partial charge on any atom is 0.127 e. The van der Waals surface area contributed by atoms with Crippen LogP contribution in [0.15, 0.2) is 11.6 Å². The lowest BCUT2D eigenvalue weighted by atomic mass is 9.95. The highest BCUT2D eigenvalue weighted by atomic mass is 16.5. The summed E-state index contributed by atoms with van der Waals surface area (Å²) in [7, 11) is 0. The Labute approximate surface area is 85.4 Å². The van der Waals surface area contributed by atoms with Crippen molar-refractivity contribution in [2.45, 2.75) is 27.7 Å². The Morgan fingerprint density at radius 3 is 2.50 bits per heavy atom. The molecule has 0 N–H and O–H groups in total. The summed E-state index contributed by atoms with van der Waals surface area (Å²) in [6.07, 6.45) is 2.24. The summed E-state index contributed by atoms with van der Waals surface area (Å²) < 4.78 is 5.68. The van der Waals surface area contributed by atoms with Gasteiger partial charge in [-0.05, 0) is 62.1 Å². The largest absolute Gasteiger partial charge is 0.489 e. The van der Waals surface area contributed by atoms with E-state index in [1.54, 1.807) is 0 Å². The summed E-state index contributed by atoms with van der Waals surface area (Å²) in [6.45, 7) is 9.31. The molecular weight excluding hydrogens is 172 g/mol. The first-order valence-corrected chi connectivity index (χ1v) is 5.00. The number of fused-ring (bicyclic) bond motifs is 1. The van der Waals surface area contributed by atoms with Crippen LogP contribution in [0.2, 0.25) is 0 Å². The Balaban J connectivity index is 2.68. The minimum Gasteiger partial charge on any atom is -0.489 e. The van der Waals surface area contributed by atoms with Gasteiger partial charge in [0.25, 0.3) is 0 Å². The Bertz CT molecular complexity index is 414. The van der Waals surface area contributed by atoms with Gasteiger partial charge in [-0.25, -0.2) is 0 Å². The molecular formula is C13H16O. The van der Waals surface area contributed by atoms with Crippen LogP contribution in [0, 0.1) is 20.8 Å². The molecule has 74 valence electrons. The molecule has 1 aromatic rings. The molecule has 1 heteroatoms. The van der Waals surface area contributed by atoms with E-state index < -0.39 is 0 Å². The van der Waals surface area contributed by atoms with E-state index in [1.807, 2.05) is 0 Å². The standard InChI is InChI=1S/C13H16O/c1-8-5-12-11(4)10(3)9(2)6-13(12)14-7-8/h5-6H,7H2,1-4H3. The van der Waals surface area contributed by atoms with Crippen LogP contribution in [0.1, 0.15) is 29.2 Å². The van der Waals surface area contributed by atoms with Crippen LogP contribution in [0.3, 0.4) is 0 Å². The Kier molecular flexibility index (Phi) is 2.10. The molecule has 0 saturated carbocycles. The van der Waals surface area contributed by atoms with Crippen LogP contribution in [0.25, 0.3) is 6.08 Å². The molecule has 0 amide bonds. The summed E-state index contributed by atoms with van der Waals surface area (Å²) >= 11 is 0. The quantitative estimate of drug-likeness (QED) is 0.606. The van der Waals surface area contributed by atoms with Gasteiger partial charge in [0.05, 0.1) is 0 Å². The summed E-state index contributed by atoms with van der Waals surface area (Å²) in [5.74, 6) is 1.04. The topological polar surface area (TPSA) is 9.23 Å². The molecule has 0 unspecified atom stereocenters. The molecule has 0 atom stereocenters. The fourth-order valence-corrected chi connectivity index (χ4v) is 1.84. The monoisotopic (exact) mass is 188 g/mol.